The number of allylic oxidation sites excluding steroid dienone is 2. The van der Waals surface area contributed by atoms with Gasteiger partial charge < -0.3 is 14.6 Å². The highest BCUT2D eigenvalue weighted by Crippen LogP contribution is 2.28. The average Bonchev–Trinajstić information content (AvgIpc) is 2.48. The van der Waals surface area contributed by atoms with Crippen LogP contribution in [0.1, 0.15) is 40.5 Å². The van der Waals surface area contributed by atoms with Gasteiger partial charge in [0.1, 0.15) is 5.75 Å². The number of ether oxygens (including phenoxy) is 2. The maximum absolute atomic E-state index is 12.2. The molecule has 0 saturated carbocycles. The van der Waals surface area contributed by atoms with E-state index in [2.05, 4.69) is 0 Å². The summed E-state index contributed by atoms with van der Waals surface area (Å²) >= 11 is 0. The van der Waals surface area contributed by atoms with Crippen molar-refractivity contribution in [2.75, 3.05) is 13.2 Å². The van der Waals surface area contributed by atoms with Gasteiger partial charge in [-0.15, -0.1) is 0 Å². The Morgan fingerprint density at radius 3 is 2.77 bits per heavy atom. The molecule has 6 nitrogen and oxygen atoms in total. The number of ketones is 2. The molecule has 1 aliphatic carbocycles. The Kier molecular flexibility index (Phi) is 4.93. The van der Waals surface area contributed by atoms with Crippen LogP contribution in [-0.4, -0.2) is 35.9 Å². The molecule has 0 bridgehead atoms. The molecule has 22 heavy (non-hydrogen) atoms. The summed E-state index contributed by atoms with van der Waals surface area (Å²) in [6.45, 7) is 2.16. The SMILES string of the molecule is CCOC(=O)CCCOC1=CC(=O)c2c(O)cccc2C1=O. The first-order valence-electron chi connectivity index (χ1n) is 6.95. The lowest BCUT2D eigenvalue weighted by Gasteiger charge is -2.16. The Morgan fingerprint density at radius 2 is 2.05 bits per heavy atom. The monoisotopic (exact) mass is 304 g/mol. The molecular weight excluding hydrogens is 288 g/mol. The number of benzene rings is 1. The van der Waals surface area contributed by atoms with E-state index in [1.54, 1.807) is 6.92 Å². The topological polar surface area (TPSA) is 89.9 Å². The van der Waals surface area contributed by atoms with E-state index in [9.17, 15) is 19.5 Å². The number of fused-ring (bicyclic) bond motifs is 1. The second kappa shape index (κ2) is 6.89. The van der Waals surface area contributed by atoms with Crippen molar-refractivity contribution in [3.05, 3.63) is 41.2 Å². The van der Waals surface area contributed by atoms with Crippen molar-refractivity contribution in [3.8, 4) is 5.75 Å². The number of esters is 1. The summed E-state index contributed by atoms with van der Waals surface area (Å²) < 4.78 is 10.1. The highest BCUT2D eigenvalue weighted by atomic mass is 16.5. The molecule has 0 unspecified atom stereocenters. The average molecular weight is 304 g/mol. The van der Waals surface area contributed by atoms with Crippen LogP contribution in [-0.2, 0) is 14.3 Å². The van der Waals surface area contributed by atoms with Gasteiger partial charge in [-0.3, -0.25) is 14.4 Å². The maximum atomic E-state index is 12.2. The smallest absolute Gasteiger partial charge is 0.305 e. The standard InChI is InChI=1S/C16H16O6/c1-2-21-14(19)7-4-8-22-13-9-12(18)15-10(16(13)20)5-3-6-11(15)17/h3,5-6,9,17H,2,4,7-8H2,1H3. The summed E-state index contributed by atoms with van der Waals surface area (Å²) in [5, 5.41) is 9.66. The Balaban J connectivity index is 1.98. The number of hydrogen-bond acceptors (Lipinski definition) is 6. The van der Waals surface area contributed by atoms with Gasteiger partial charge in [-0.1, -0.05) is 6.07 Å². The van der Waals surface area contributed by atoms with Crippen LogP contribution in [0.4, 0.5) is 0 Å². The molecule has 116 valence electrons. The fourth-order valence-electron chi connectivity index (χ4n) is 2.12. The summed E-state index contributed by atoms with van der Waals surface area (Å²) in [4.78, 5) is 35.3. The second-order valence-electron chi connectivity index (χ2n) is 4.66. The van der Waals surface area contributed by atoms with Gasteiger partial charge >= 0.3 is 5.97 Å². The van der Waals surface area contributed by atoms with Gasteiger partial charge in [0, 0.05) is 18.1 Å². The van der Waals surface area contributed by atoms with E-state index in [4.69, 9.17) is 9.47 Å². The first-order chi connectivity index (χ1) is 10.5. The van der Waals surface area contributed by atoms with Gasteiger partial charge in [-0.2, -0.15) is 0 Å². The number of aromatic hydroxyl groups is 1. The lowest BCUT2D eigenvalue weighted by atomic mass is 9.93. The zero-order valence-corrected chi connectivity index (χ0v) is 12.1. The van der Waals surface area contributed by atoms with Gasteiger partial charge in [-0.05, 0) is 25.5 Å². The van der Waals surface area contributed by atoms with Gasteiger partial charge in [-0.25, -0.2) is 0 Å². The minimum atomic E-state index is -0.479. The molecule has 1 aromatic rings. The van der Waals surface area contributed by atoms with Gasteiger partial charge in [0.25, 0.3) is 0 Å². The molecule has 0 spiro atoms. The quantitative estimate of drug-likeness (QED) is 0.638. The predicted octanol–water partition coefficient (Wildman–Crippen LogP) is 2.01. The first-order valence-corrected chi connectivity index (χ1v) is 6.95. The van der Waals surface area contributed by atoms with Crippen molar-refractivity contribution in [2.45, 2.75) is 19.8 Å². The number of hydrogen-bond donors (Lipinski definition) is 1. The van der Waals surface area contributed by atoms with Crippen molar-refractivity contribution in [1.29, 1.82) is 0 Å². The zero-order chi connectivity index (χ0) is 16.1. The molecule has 1 aliphatic rings. The molecule has 1 aromatic carbocycles. The van der Waals surface area contributed by atoms with Crippen molar-refractivity contribution >= 4 is 17.5 Å². The predicted molar refractivity (Wildman–Crippen MR) is 76.7 cm³/mol. The summed E-state index contributed by atoms with van der Waals surface area (Å²) in [6.07, 6.45) is 1.62. The molecule has 0 heterocycles. The molecule has 0 fully saturated rings. The summed E-state index contributed by atoms with van der Waals surface area (Å²) in [5.74, 6) is -1.57. The van der Waals surface area contributed by atoms with Crippen molar-refractivity contribution in [1.82, 2.24) is 0 Å². The van der Waals surface area contributed by atoms with Crippen LogP contribution in [0.5, 0.6) is 5.75 Å². The van der Waals surface area contributed by atoms with Gasteiger partial charge in [0.05, 0.1) is 18.8 Å². The fourth-order valence-corrected chi connectivity index (χ4v) is 2.12. The molecule has 2 rings (SSSR count). The van der Waals surface area contributed by atoms with Crippen LogP contribution in [0, 0.1) is 0 Å². The van der Waals surface area contributed by atoms with Crippen LogP contribution in [0.25, 0.3) is 0 Å². The Labute approximate surface area is 127 Å². The molecule has 0 amide bonds. The number of carbonyl (C=O) groups is 3. The highest BCUT2D eigenvalue weighted by Gasteiger charge is 2.28. The normalized spacial score (nSPS) is 13.4. The van der Waals surface area contributed by atoms with E-state index >= 15 is 0 Å². The number of carbonyl (C=O) groups excluding carboxylic acids is 3. The third kappa shape index (κ3) is 3.33. The van der Waals surface area contributed by atoms with E-state index in [-0.39, 0.29) is 41.6 Å². The lowest BCUT2D eigenvalue weighted by molar-refractivity contribution is -0.143. The number of phenolic OH excluding ortho intramolecular Hbond substituents is 1. The third-order valence-corrected chi connectivity index (χ3v) is 3.11. The van der Waals surface area contributed by atoms with Crippen LogP contribution < -0.4 is 0 Å². The van der Waals surface area contributed by atoms with Crippen LogP contribution >= 0.6 is 0 Å². The maximum Gasteiger partial charge on any atom is 0.305 e. The largest absolute Gasteiger partial charge is 0.507 e. The van der Waals surface area contributed by atoms with E-state index in [0.29, 0.717) is 13.0 Å². The fraction of sp³-hybridized carbons (Fsp3) is 0.312. The molecule has 0 radical (unpaired) electrons. The minimum Gasteiger partial charge on any atom is -0.507 e. The van der Waals surface area contributed by atoms with E-state index in [0.717, 1.165) is 6.08 Å². The van der Waals surface area contributed by atoms with Crippen molar-refractivity contribution in [3.63, 3.8) is 0 Å². The molecule has 0 aliphatic heterocycles. The summed E-state index contributed by atoms with van der Waals surface area (Å²) in [7, 11) is 0. The van der Waals surface area contributed by atoms with Crippen LogP contribution in [0.3, 0.4) is 0 Å². The molecule has 6 heteroatoms. The van der Waals surface area contributed by atoms with Crippen LogP contribution in [0.2, 0.25) is 0 Å². The Bertz CT molecular complexity index is 644. The lowest BCUT2D eigenvalue weighted by Crippen LogP contribution is -2.19. The first kappa shape index (κ1) is 15.8. The molecular formula is C16H16O6. The molecule has 0 saturated heterocycles. The second-order valence-corrected chi connectivity index (χ2v) is 4.66. The molecule has 0 atom stereocenters. The minimum absolute atomic E-state index is 0.00799. The number of rotatable bonds is 6. The van der Waals surface area contributed by atoms with Gasteiger partial charge in [0.2, 0.25) is 5.78 Å². The Hall–Kier alpha value is -2.63. The van der Waals surface area contributed by atoms with E-state index < -0.39 is 11.6 Å². The number of Topliss-reactive ketones (excluding diaryl/α,β-unsaturated/α-hetero) is 1. The molecule has 1 N–H and O–H groups in total. The Morgan fingerprint density at radius 1 is 1.27 bits per heavy atom. The van der Waals surface area contributed by atoms with Crippen molar-refractivity contribution < 1.29 is 29.0 Å². The summed E-state index contributed by atoms with van der Waals surface area (Å²) in [6, 6.07) is 4.30. The summed E-state index contributed by atoms with van der Waals surface area (Å²) in [5.41, 5.74) is 0.110. The van der Waals surface area contributed by atoms with Crippen molar-refractivity contribution in [2.24, 2.45) is 0 Å². The highest BCUT2D eigenvalue weighted by molar-refractivity contribution is 6.24. The van der Waals surface area contributed by atoms with Gasteiger partial charge in [0.15, 0.2) is 11.5 Å². The van der Waals surface area contributed by atoms with E-state index in [1.165, 1.54) is 18.2 Å². The van der Waals surface area contributed by atoms with E-state index in [1.807, 2.05) is 0 Å². The third-order valence-electron chi connectivity index (χ3n) is 3.11. The number of phenols is 1. The van der Waals surface area contributed by atoms with Crippen LogP contribution in [0.15, 0.2) is 30.0 Å². The zero-order valence-electron chi connectivity index (χ0n) is 12.1. The molecule has 0 aromatic heterocycles.